The molecular formula is C15H15BrO3. The summed E-state index contributed by atoms with van der Waals surface area (Å²) in [6.45, 7) is 0. The smallest absolute Gasteiger partial charge is 0.125 e. The highest BCUT2D eigenvalue weighted by atomic mass is 79.9. The highest BCUT2D eigenvalue weighted by molar-refractivity contribution is 9.10. The van der Waals surface area contributed by atoms with Crippen LogP contribution in [0.3, 0.4) is 0 Å². The van der Waals surface area contributed by atoms with Crippen LogP contribution < -0.4 is 9.47 Å². The molecule has 19 heavy (non-hydrogen) atoms. The van der Waals surface area contributed by atoms with Crippen LogP contribution in [-0.4, -0.2) is 19.3 Å². The summed E-state index contributed by atoms with van der Waals surface area (Å²) < 4.78 is 11.2. The lowest BCUT2D eigenvalue weighted by atomic mass is 10.0. The van der Waals surface area contributed by atoms with Crippen LogP contribution in [0.15, 0.2) is 46.9 Å². The fraction of sp³-hybridized carbons (Fsp3) is 0.200. The van der Waals surface area contributed by atoms with Crippen molar-refractivity contribution in [2.24, 2.45) is 0 Å². The Morgan fingerprint density at radius 3 is 2.37 bits per heavy atom. The molecule has 1 atom stereocenters. The van der Waals surface area contributed by atoms with Gasteiger partial charge in [0.2, 0.25) is 0 Å². The predicted molar refractivity (Wildman–Crippen MR) is 77.7 cm³/mol. The van der Waals surface area contributed by atoms with E-state index in [4.69, 9.17) is 9.47 Å². The summed E-state index contributed by atoms with van der Waals surface area (Å²) in [6, 6.07) is 12.9. The largest absolute Gasteiger partial charge is 0.497 e. The maximum Gasteiger partial charge on any atom is 0.125 e. The number of benzene rings is 2. The molecule has 0 fully saturated rings. The minimum atomic E-state index is -0.753. The van der Waals surface area contributed by atoms with Gasteiger partial charge in [-0.1, -0.05) is 40.2 Å². The Labute approximate surface area is 120 Å². The van der Waals surface area contributed by atoms with Gasteiger partial charge in [-0.05, 0) is 23.8 Å². The molecule has 0 saturated carbocycles. The minimum absolute atomic E-state index is 0.665. The fourth-order valence-corrected chi connectivity index (χ4v) is 2.49. The van der Waals surface area contributed by atoms with Crippen LogP contribution >= 0.6 is 15.9 Å². The molecule has 4 heteroatoms. The lowest BCUT2D eigenvalue weighted by molar-refractivity contribution is 0.214. The van der Waals surface area contributed by atoms with Crippen LogP contribution in [0.25, 0.3) is 0 Å². The highest BCUT2D eigenvalue weighted by Gasteiger charge is 2.17. The second kappa shape index (κ2) is 6.08. The van der Waals surface area contributed by atoms with Crippen molar-refractivity contribution >= 4 is 15.9 Å². The van der Waals surface area contributed by atoms with E-state index in [1.165, 1.54) is 0 Å². The summed E-state index contributed by atoms with van der Waals surface area (Å²) in [5, 5.41) is 10.5. The Morgan fingerprint density at radius 1 is 1.00 bits per heavy atom. The van der Waals surface area contributed by atoms with Crippen molar-refractivity contribution in [3.63, 3.8) is 0 Å². The van der Waals surface area contributed by atoms with Crippen LogP contribution in [0.1, 0.15) is 17.2 Å². The molecule has 3 nitrogen and oxygen atoms in total. The second-order valence-corrected chi connectivity index (χ2v) is 4.89. The number of aliphatic hydroxyl groups excluding tert-OH is 1. The van der Waals surface area contributed by atoms with Crippen molar-refractivity contribution in [1.82, 2.24) is 0 Å². The molecule has 0 saturated heterocycles. The van der Waals surface area contributed by atoms with E-state index in [1.54, 1.807) is 14.2 Å². The minimum Gasteiger partial charge on any atom is -0.497 e. The van der Waals surface area contributed by atoms with Gasteiger partial charge in [-0.2, -0.15) is 0 Å². The third kappa shape index (κ3) is 2.91. The number of aliphatic hydroxyl groups is 1. The Bertz CT molecular complexity index is 569. The Morgan fingerprint density at radius 2 is 1.74 bits per heavy atom. The molecule has 0 aliphatic carbocycles. The van der Waals surface area contributed by atoms with Gasteiger partial charge in [0.05, 0.1) is 14.2 Å². The van der Waals surface area contributed by atoms with E-state index in [0.717, 1.165) is 21.3 Å². The van der Waals surface area contributed by atoms with E-state index < -0.39 is 6.10 Å². The quantitative estimate of drug-likeness (QED) is 0.935. The molecule has 0 aromatic heterocycles. The van der Waals surface area contributed by atoms with Crippen LogP contribution in [0.5, 0.6) is 11.5 Å². The first-order valence-electron chi connectivity index (χ1n) is 5.81. The first kappa shape index (κ1) is 13.9. The molecule has 0 aliphatic rings. The number of methoxy groups -OCH3 is 2. The van der Waals surface area contributed by atoms with Gasteiger partial charge >= 0.3 is 0 Å². The van der Waals surface area contributed by atoms with Crippen molar-refractivity contribution in [3.8, 4) is 11.5 Å². The zero-order valence-electron chi connectivity index (χ0n) is 10.8. The van der Waals surface area contributed by atoms with Gasteiger partial charge in [-0.15, -0.1) is 0 Å². The van der Waals surface area contributed by atoms with Crippen LogP contribution in [0, 0.1) is 0 Å². The number of ether oxygens (including phenoxy) is 2. The molecule has 2 aromatic carbocycles. The normalized spacial score (nSPS) is 12.0. The molecule has 0 spiro atoms. The van der Waals surface area contributed by atoms with Crippen molar-refractivity contribution in [1.29, 1.82) is 0 Å². The molecule has 0 aliphatic heterocycles. The number of hydrogen-bond donors (Lipinski definition) is 1. The van der Waals surface area contributed by atoms with E-state index in [0.29, 0.717) is 5.75 Å². The average molecular weight is 323 g/mol. The summed E-state index contributed by atoms with van der Waals surface area (Å²) in [4.78, 5) is 0. The van der Waals surface area contributed by atoms with E-state index in [-0.39, 0.29) is 0 Å². The van der Waals surface area contributed by atoms with Crippen molar-refractivity contribution < 1.29 is 14.6 Å². The third-order valence-electron chi connectivity index (χ3n) is 2.94. The van der Waals surface area contributed by atoms with Crippen molar-refractivity contribution in [3.05, 3.63) is 58.1 Å². The maximum atomic E-state index is 10.5. The molecule has 100 valence electrons. The number of rotatable bonds is 4. The maximum absolute atomic E-state index is 10.5. The van der Waals surface area contributed by atoms with E-state index in [2.05, 4.69) is 15.9 Å². The summed E-state index contributed by atoms with van der Waals surface area (Å²) >= 11 is 3.45. The second-order valence-electron chi connectivity index (χ2n) is 4.03. The Hall–Kier alpha value is -1.52. The molecule has 0 amide bonds. The van der Waals surface area contributed by atoms with Gasteiger partial charge < -0.3 is 14.6 Å². The van der Waals surface area contributed by atoms with Gasteiger partial charge in [0.15, 0.2) is 0 Å². The van der Waals surface area contributed by atoms with Gasteiger partial charge in [-0.3, -0.25) is 0 Å². The molecule has 2 rings (SSSR count). The average Bonchev–Trinajstić information content (AvgIpc) is 2.46. The van der Waals surface area contributed by atoms with Crippen LogP contribution in [0.2, 0.25) is 0 Å². The van der Waals surface area contributed by atoms with Crippen molar-refractivity contribution in [2.45, 2.75) is 6.10 Å². The SMILES string of the molecule is COc1ccc(C(O)c2ccccc2OC)c(Br)c1. The zero-order valence-corrected chi connectivity index (χ0v) is 12.3. The lowest BCUT2D eigenvalue weighted by Gasteiger charge is -2.16. The fourth-order valence-electron chi connectivity index (χ4n) is 1.92. The van der Waals surface area contributed by atoms with Gasteiger partial charge in [-0.25, -0.2) is 0 Å². The molecule has 1 N–H and O–H groups in total. The molecule has 1 unspecified atom stereocenters. The zero-order chi connectivity index (χ0) is 13.8. The number of hydrogen-bond acceptors (Lipinski definition) is 3. The monoisotopic (exact) mass is 322 g/mol. The Balaban J connectivity index is 2.41. The first-order chi connectivity index (χ1) is 9.17. The number of para-hydroxylation sites is 1. The third-order valence-corrected chi connectivity index (χ3v) is 3.62. The summed E-state index contributed by atoms with van der Waals surface area (Å²) in [7, 11) is 3.20. The van der Waals surface area contributed by atoms with Crippen LogP contribution in [-0.2, 0) is 0 Å². The van der Waals surface area contributed by atoms with E-state index >= 15 is 0 Å². The molecule has 0 bridgehead atoms. The van der Waals surface area contributed by atoms with Gasteiger partial charge in [0.1, 0.15) is 17.6 Å². The van der Waals surface area contributed by atoms with E-state index in [1.807, 2.05) is 42.5 Å². The lowest BCUT2D eigenvalue weighted by Crippen LogP contribution is -2.03. The molecular weight excluding hydrogens is 308 g/mol. The molecule has 0 radical (unpaired) electrons. The standard InChI is InChI=1S/C15H15BrO3/c1-18-10-7-8-11(13(16)9-10)15(17)12-5-3-4-6-14(12)19-2/h3-9,15,17H,1-2H3. The number of halogens is 1. The highest BCUT2D eigenvalue weighted by Crippen LogP contribution is 2.34. The molecule has 2 aromatic rings. The summed E-state index contributed by atoms with van der Waals surface area (Å²) in [5.74, 6) is 1.40. The van der Waals surface area contributed by atoms with Crippen LogP contribution in [0.4, 0.5) is 0 Å². The van der Waals surface area contributed by atoms with E-state index in [9.17, 15) is 5.11 Å². The summed E-state index contributed by atoms with van der Waals surface area (Å²) in [5.41, 5.74) is 1.50. The summed E-state index contributed by atoms with van der Waals surface area (Å²) in [6.07, 6.45) is -0.753. The van der Waals surface area contributed by atoms with Gasteiger partial charge in [0, 0.05) is 10.0 Å². The topological polar surface area (TPSA) is 38.7 Å². The van der Waals surface area contributed by atoms with Gasteiger partial charge in [0.25, 0.3) is 0 Å². The first-order valence-corrected chi connectivity index (χ1v) is 6.61. The predicted octanol–water partition coefficient (Wildman–Crippen LogP) is 3.55. The Kier molecular flexibility index (Phi) is 4.45. The van der Waals surface area contributed by atoms with Crippen molar-refractivity contribution in [2.75, 3.05) is 14.2 Å². The molecule has 0 heterocycles.